The Morgan fingerprint density at radius 3 is 2.43 bits per heavy atom. The molecular formula is C13H21ClN4O3. The standard InChI is InChI=1S/C13H20N4O3.ClH/c14-8-2-10-16-13(18)3-1-9-15-11-4-6-12(7-5-11)17(19)20;/h4-7,15H,1-3,8-10,14H2,(H,16,18);1H. The van der Waals surface area contributed by atoms with Crippen LogP contribution in [0.5, 0.6) is 0 Å². The number of hydrogen-bond donors (Lipinski definition) is 3. The number of benzene rings is 1. The van der Waals surface area contributed by atoms with Crippen LogP contribution in [-0.4, -0.2) is 30.5 Å². The lowest BCUT2D eigenvalue weighted by atomic mass is 10.2. The highest BCUT2D eigenvalue weighted by Crippen LogP contribution is 2.15. The van der Waals surface area contributed by atoms with E-state index in [4.69, 9.17) is 5.73 Å². The fourth-order valence-corrected chi connectivity index (χ4v) is 1.60. The smallest absolute Gasteiger partial charge is 0.269 e. The Morgan fingerprint density at radius 2 is 1.86 bits per heavy atom. The number of nitrogens with zero attached hydrogens (tertiary/aromatic N) is 1. The van der Waals surface area contributed by atoms with Crippen LogP contribution in [0, 0.1) is 10.1 Å². The zero-order chi connectivity index (χ0) is 14.8. The van der Waals surface area contributed by atoms with Gasteiger partial charge in [-0.25, -0.2) is 0 Å². The van der Waals surface area contributed by atoms with E-state index in [1.165, 1.54) is 12.1 Å². The maximum atomic E-state index is 11.4. The minimum Gasteiger partial charge on any atom is -0.385 e. The molecule has 7 nitrogen and oxygen atoms in total. The van der Waals surface area contributed by atoms with Crippen molar-refractivity contribution in [2.75, 3.05) is 25.0 Å². The van der Waals surface area contributed by atoms with E-state index in [-0.39, 0.29) is 24.0 Å². The first kappa shape index (κ1) is 19.1. The van der Waals surface area contributed by atoms with Crippen LogP contribution in [0.4, 0.5) is 11.4 Å². The molecule has 0 atom stereocenters. The van der Waals surface area contributed by atoms with E-state index in [2.05, 4.69) is 10.6 Å². The van der Waals surface area contributed by atoms with E-state index < -0.39 is 4.92 Å². The number of halogens is 1. The predicted molar refractivity (Wildman–Crippen MR) is 84.7 cm³/mol. The molecule has 1 amide bonds. The van der Waals surface area contributed by atoms with Crippen molar-refractivity contribution < 1.29 is 9.72 Å². The summed E-state index contributed by atoms with van der Waals surface area (Å²) in [6.45, 7) is 1.83. The van der Waals surface area contributed by atoms with Gasteiger partial charge in [0, 0.05) is 37.3 Å². The van der Waals surface area contributed by atoms with Gasteiger partial charge in [0.25, 0.3) is 5.69 Å². The summed E-state index contributed by atoms with van der Waals surface area (Å²) in [5.41, 5.74) is 6.20. The third-order valence-electron chi connectivity index (χ3n) is 2.69. The summed E-state index contributed by atoms with van der Waals surface area (Å²) >= 11 is 0. The number of nitrogens with two attached hydrogens (primary N) is 1. The van der Waals surface area contributed by atoms with Gasteiger partial charge in [0.2, 0.25) is 5.91 Å². The molecule has 0 radical (unpaired) electrons. The second-order valence-corrected chi connectivity index (χ2v) is 4.33. The molecule has 0 spiro atoms. The Morgan fingerprint density at radius 1 is 1.19 bits per heavy atom. The first-order chi connectivity index (χ1) is 9.63. The molecule has 0 saturated carbocycles. The minimum atomic E-state index is -0.435. The van der Waals surface area contributed by atoms with E-state index in [9.17, 15) is 14.9 Å². The predicted octanol–water partition coefficient (Wildman–Crippen LogP) is 1.67. The minimum absolute atomic E-state index is 0. The molecule has 0 saturated heterocycles. The normalized spacial score (nSPS) is 9.57. The Kier molecular flexibility index (Phi) is 9.91. The highest BCUT2D eigenvalue weighted by Gasteiger charge is 2.04. The van der Waals surface area contributed by atoms with Crippen molar-refractivity contribution in [3.63, 3.8) is 0 Å². The van der Waals surface area contributed by atoms with E-state index in [1.54, 1.807) is 12.1 Å². The molecule has 118 valence electrons. The lowest BCUT2D eigenvalue weighted by molar-refractivity contribution is -0.384. The van der Waals surface area contributed by atoms with Gasteiger partial charge < -0.3 is 16.4 Å². The number of carbonyl (C=O) groups is 1. The van der Waals surface area contributed by atoms with Crippen molar-refractivity contribution in [2.24, 2.45) is 5.73 Å². The number of nitrogens with one attached hydrogen (secondary N) is 2. The molecule has 0 aliphatic heterocycles. The highest BCUT2D eigenvalue weighted by molar-refractivity contribution is 5.85. The van der Waals surface area contributed by atoms with Crippen LogP contribution >= 0.6 is 12.4 Å². The summed E-state index contributed by atoms with van der Waals surface area (Å²) in [6, 6.07) is 6.20. The molecule has 0 unspecified atom stereocenters. The number of amides is 1. The average Bonchev–Trinajstić information content (AvgIpc) is 2.44. The van der Waals surface area contributed by atoms with Crippen LogP contribution in [0.25, 0.3) is 0 Å². The first-order valence-corrected chi connectivity index (χ1v) is 6.58. The monoisotopic (exact) mass is 316 g/mol. The quantitative estimate of drug-likeness (QED) is 0.364. The molecule has 21 heavy (non-hydrogen) atoms. The maximum absolute atomic E-state index is 11.4. The van der Waals surface area contributed by atoms with Gasteiger partial charge in [-0.3, -0.25) is 14.9 Å². The highest BCUT2D eigenvalue weighted by atomic mass is 35.5. The molecule has 8 heteroatoms. The maximum Gasteiger partial charge on any atom is 0.269 e. The molecule has 4 N–H and O–H groups in total. The van der Waals surface area contributed by atoms with E-state index in [1.807, 2.05) is 0 Å². The van der Waals surface area contributed by atoms with Crippen LogP contribution in [-0.2, 0) is 4.79 Å². The molecular weight excluding hydrogens is 296 g/mol. The van der Waals surface area contributed by atoms with Crippen molar-refractivity contribution in [3.8, 4) is 0 Å². The van der Waals surface area contributed by atoms with Crippen molar-refractivity contribution in [2.45, 2.75) is 19.3 Å². The van der Waals surface area contributed by atoms with Gasteiger partial charge in [-0.15, -0.1) is 12.4 Å². The van der Waals surface area contributed by atoms with Crippen LogP contribution in [0.2, 0.25) is 0 Å². The fraction of sp³-hybridized carbons (Fsp3) is 0.462. The fourth-order valence-electron chi connectivity index (χ4n) is 1.60. The van der Waals surface area contributed by atoms with Crippen molar-refractivity contribution in [3.05, 3.63) is 34.4 Å². The lowest BCUT2D eigenvalue weighted by Crippen LogP contribution is -2.26. The Labute approximate surface area is 129 Å². The molecule has 1 aromatic rings. The molecule has 0 aliphatic carbocycles. The number of anilines is 1. The van der Waals surface area contributed by atoms with E-state index >= 15 is 0 Å². The molecule has 0 fully saturated rings. The summed E-state index contributed by atoms with van der Waals surface area (Å²) in [5.74, 6) is 0.0175. The summed E-state index contributed by atoms with van der Waals surface area (Å²) in [6.07, 6.45) is 1.93. The summed E-state index contributed by atoms with van der Waals surface area (Å²) in [5, 5.41) is 16.4. The summed E-state index contributed by atoms with van der Waals surface area (Å²) in [4.78, 5) is 21.4. The molecule has 0 aromatic heterocycles. The van der Waals surface area contributed by atoms with Crippen molar-refractivity contribution in [1.29, 1.82) is 0 Å². The van der Waals surface area contributed by atoms with Crippen LogP contribution < -0.4 is 16.4 Å². The van der Waals surface area contributed by atoms with Gasteiger partial charge in [-0.05, 0) is 31.5 Å². The lowest BCUT2D eigenvalue weighted by Gasteiger charge is -2.06. The molecule has 0 bridgehead atoms. The molecule has 1 aromatic carbocycles. The number of nitro benzene ring substituents is 1. The van der Waals surface area contributed by atoms with Gasteiger partial charge in [0.15, 0.2) is 0 Å². The van der Waals surface area contributed by atoms with Crippen LogP contribution in [0.15, 0.2) is 24.3 Å². The number of non-ortho nitro benzene ring substituents is 1. The molecule has 0 heterocycles. The average molecular weight is 317 g/mol. The van der Waals surface area contributed by atoms with Gasteiger partial charge >= 0.3 is 0 Å². The number of rotatable bonds is 9. The summed E-state index contributed by atoms with van der Waals surface area (Å²) in [7, 11) is 0. The topological polar surface area (TPSA) is 110 Å². The van der Waals surface area contributed by atoms with Crippen molar-refractivity contribution >= 4 is 29.7 Å². The van der Waals surface area contributed by atoms with Crippen LogP contribution in [0.3, 0.4) is 0 Å². The van der Waals surface area contributed by atoms with Gasteiger partial charge in [0.05, 0.1) is 4.92 Å². The number of hydrogen-bond acceptors (Lipinski definition) is 5. The first-order valence-electron chi connectivity index (χ1n) is 6.58. The Hall–Kier alpha value is -1.86. The Balaban J connectivity index is 0.00000400. The zero-order valence-corrected chi connectivity index (χ0v) is 12.5. The SMILES string of the molecule is Cl.NCCCNC(=O)CCCNc1ccc([N+](=O)[O-])cc1. The second-order valence-electron chi connectivity index (χ2n) is 4.33. The third-order valence-corrected chi connectivity index (χ3v) is 2.69. The zero-order valence-electron chi connectivity index (χ0n) is 11.7. The largest absolute Gasteiger partial charge is 0.385 e. The van der Waals surface area contributed by atoms with Gasteiger partial charge in [0.1, 0.15) is 0 Å². The van der Waals surface area contributed by atoms with E-state index in [0.717, 1.165) is 12.1 Å². The van der Waals surface area contributed by atoms with Crippen LogP contribution in [0.1, 0.15) is 19.3 Å². The van der Waals surface area contributed by atoms with Gasteiger partial charge in [-0.2, -0.15) is 0 Å². The van der Waals surface area contributed by atoms with Crippen molar-refractivity contribution in [1.82, 2.24) is 5.32 Å². The molecule has 0 aliphatic rings. The van der Waals surface area contributed by atoms with Gasteiger partial charge in [-0.1, -0.05) is 0 Å². The second kappa shape index (κ2) is 10.9. The Bertz CT molecular complexity index is 440. The third kappa shape index (κ3) is 8.11. The number of nitro groups is 1. The summed E-state index contributed by atoms with van der Waals surface area (Å²) < 4.78 is 0. The number of carbonyl (C=O) groups excluding carboxylic acids is 1. The van der Waals surface area contributed by atoms with E-state index in [0.29, 0.717) is 32.5 Å². The molecule has 1 rings (SSSR count).